The fourth-order valence-corrected chi connectivity index (χ4v) is 3.27. The van der Waals surface area contributed by atoms with Gasteiger partial charge < -0.3 is 22.7 Å². The first-order chi connectivity index (χ1) is 5.74. The van der Waals surface area contributed by atoms with Crippen LogP contribution in [-0.4, -0.2) is 66.4 Å². The minimum Gasteiger partial charge on any atom is -1.00 e. The smallest absolute Gasteiger partial charge is 1.00 e. The third kappa shape index (κ3) is 10.1. The Kier molecular flexibility index (Phi) is 25.5. The van der Waals surface area contributed by atoms with Crippen LogP contribution in [0, 0.1) is 0 Å². The quantitative estimate of drug-likeness (QED) is 0.438. The molecule has 0 saturated heterocycles. The first-order valence-corrected chi connectivity index (χ1v) is 6.59. The first-order valence-electron chi connectivity index (χ1n) is 4.66. The van der Waals surface area contributed by atoms with Gasteiger partial charge in [-0.1, -0.05) is 6.92 Å². The van der Waals surface area contributed by atoms with Crippen molar-refractivity contribution in [1.29, 1.82) is 0 Å². The van der Waals surface area contributed by atoms with Gasteiger partial charge in [-0.3, -0.25) is 0 Å². The molecule has 0 radical (unpaired) electrons. The molecule has 15 heavy (non-hydrogen) atoms. The van der Waals surface area contributed by atoms with Crippen molar-refractivity contribution in [3.63, 3.8) is 0 Å². The summed E-state index contributed by atoms with van der Waals surface area (Å²) in [6.07, 6.45) is 0. The van der Waals surface area contributed by atoms with Crippen molar-refractivity contribution in [3.8, 4) is 0 Å². The third-order valence-corrected chi connectivity index (χ3v) is 4.58. The Morgan fingerprint density at radius 1 is 0.733 bits per heavy atom. The zero-order valence-electron chi connectivity index (χ0n) is 10.0. The van der Waals surface area contributed by atoms with Crippen LogP contribution in [0.25, 0.3) is 0 Å². The number of halogens is 2. The zero-order valence-corrected chi connectivity index (χ0v) is 13.2. The second kappa shape index (κ2) is 15.2. The van der Waals surface area contributed by atoms with E-state index in [2.05, 4.69) is 0 Å². The van der Waals surface area contributed by atoms with E-state index in [0.29, 0.717) is 19.8 Å². The van der Waals surface area contributed by atoms with E-state index in [1.54, 1.807) is 0 Å². The summed E-state index contributed by atoms with van der Waals surface area (Å²) in [5, 5.41) is 0. The summed E-state index contributed by atoms with van der Waals surface area (Å²) in [6.45, 7) is 9.95. The normalized spacial score (nSPS) is 9.60. The van der Waals surface area contributed by atoms with Crippen molar-refractivity contribution in [2.75, 3.05) is 19.8 Å². The van der Waals surface area contributed by atoms with E-state index in [9.17, 15) is 0 Å². The van der Waals surface area contributed by atoms with Gasteiger partial charge in [0.15, 0.2) is 0 Å². The van der Waals surface area contributed by atoms with Crippen LogP contribution in [-0.2, 0) is 13.3 Å². The van der Waals surface area contributed by atoms with Crippen LogP contribution >= 0.6 is 0 Å². The van der Waals surface area contributed by atoms with E-state index in [0.717, 1.165) is 6.04 Å². The van der Waals surface area contributed by atoms with Gasteiger partial charge in [0.1, 0.15) is 0 Å². The molecule has 0 bridgehead atoms. The largest absolute Gasteiger partial charge is 2.00 e. The maximum Gasteiger partial charge on any atom is 2.00 e. The molecule has 0 saturated carbocycles. The van der Waals surface area contributed by atoms with E-state index in [1.807, 2.05) is 27.7 Å². The molecule has 0 unspecified atom stereocenters. The molecule has 7 heteroatoms. The van der Waals surface area contributed by atoms with Crippen LogP contribution < -0.4 is 9.41 Å². The fourth-order valence-electron chi connectivity index (χ4n) is 1.09. The Morgan fingerprint density at radius 3 is 1.13 bits per heavy atom. The van der Waals surface area contributed by atoms with Gasteiger partial charge in [0.05, 0.1) is 0 Å². The average molecular weight is 270 g/mol. The van der Waals surface area contributed by atoms with Crippen LogP contribution in [0.15, 0.2) is 0 Å². The molecule has 90 valence electrons. The molecule has 0 aromatic rings. The molecule has 0 rings (SSSR count). The predicted octanol–water partition coefficient (Wildman–Crippen LogP) is -4.32. The van der Waals surface area contributed by atoms with Crippen LogP contribution in [0.3, 0.4) is 0 Å². The Bertz CT molecular complexity index is 105. The summed E-state index contributed by atoms with van der Waals surface area (Å²) < 4.78 is 16.7. The zero-order chi connectivity index (χ0) is 9.45. The third-order valence-electron chi connectivity index (χ3n) is 1.53. The number of hydrogen-bond donors (Lipinski definition) is 0. The summed E-state index contributed by atoms with van der Waals surface area (Å²) in [4.78, 5) is 0. The average Bonchev–Trinajstić information content (AvgIpc) is 2.06. The van der Waals surface area contributed by atoms with Crippen LogP contribution in [0.2, 0.25) is 6.04 Å². The minimum atomic E-state index is -2.27. The molecule has 0 aromatic carbocycles. The van der Waals surface area contributed by atoms with Crippen molar-refractivity contribution in [3.05, 3.63) is 0 Å². The minimum absolute atomic E-state index is 0. The molecule has 0 aliphatic carbocycles. The number of rotatable bonds is 7. The second-order valence-corrected chi connectivity index (χ2v) is 5.27. The maximum atomic E-state index is 5.55. The van der Waals surface area contributed by atoms with Crippen molar-refractivity contribution >= 4 is 46.5 Å². The van der Waals surface area contributed by atoms with Crippen LogP contribution in [0.1, 0.15) is 27.7 Å². The Labute approximate surface area is 122 Å². The number of hydrogen-bond acceptors (Lipinski definition) is 3. The second-order valence-electron chi connectivity index (χ2n) is 2.34. The molecule has 0 heterocycles. The van der Waals surface area contributed by atoms with Gasteiger partial charge in [0.2, 0.25) is 0 Å². The molecule has 0 aliphatic heterocycles. The molecule has 0 N–H and O–H groups in total. The van der Waals surface area contributed by atoms with Gasteiger partial charge in [-0.2, -0.15) is 0 Å². The summed E-state index contributed by atoms with van der Waals surface area (Å²) in [5.41, 5.74) is 0. The van der Waals surface area contributed by atoms with Crippen molar-refractivity contribution < 1.29 is 22.7 Å². The Balaban J connectivity index is -0.000000202. The SMILES string of the molecule is CCO[Si](CC)(OCC)OCC.[Ca+2].[F-].[F-]. The van der Waals surface area contributed by atoms with E-state index < -0.39 is 8.80 Å². The molecule has 0 aliphatic rings. The monoisotopic (exact) mass is 270 g/mol. The van der Waals surface area contributed by atoms with Gasteiger partial charge in [-0.25, -0.2) is 0 Å². The molecule has 0 amide bonds. The molecule has 0 aromatic heterocycles. The van der Waals surface area contributed by atoms with Gasteiger partial charge in [0, 0.05) is 25.9 Å². The Morgan fingerprint density at radius 2 is 1.00 bits per heavy atom. The molecule has 0 spiro atoms. The topological polar surface area (TPSA) is 27.7 Å². The van der Waals surface area contributed by atoms with E-state index in [4.69, 9.17) is 13.3 Å². The van der Waals surface area contributed by atoms with Gasteiger partial charge in [-0.15, -0.1) is 0 Å². The van der Waals surface area contributed by atoms with Gasteiger partial charge in [-0.05, 0) is 20.8 Å². The van der Waals surface area contributed by atoms with E-state index in [1.165, 1.54) is 0 Å². The predicted molar refractivity (Wildman–Crippen MR) is 56.9 cm³/mol. The fraction of sp³-hybridized carbons (Fsp3) is 1.00. The molecular formula is C8H20CaF2O3Si. The Hall–Kier alpha value is 1.22. The summed E-state index contributed by atoms with van der Waals surface area (Å²) >= 11 is 0. The maximum absolute atomic E-state index is 5.55. The van der Waals surface area contributed by atoms with Gasteiger partial charge >= 0.3 is 46.5 Å². The van der Waals surface area contributed by atoms with E-state index >= 15 is 0 Å². The van der Waals surface area contributed by atoms with E-state index in [-0.39, 0.29) is 47.1 Å². The molecule has 0 atom stereocenters. The van der Waals surface area contributed by atoms with Crippen molar-refractivity contribution in [2.45, 2.75) is 33.7 Å². The van der Waals surface area contributed by atoms with Crippen LogP contribution in [0.5, 0.6) is 0 Å². The molecular weight excluding hydrogens is 250 g/mol. The summed E-state index contributed by atoms with van der Waals surface area (Å²) in [6, 6.07) is 0.850. The standard InChI is InChI=1S/C8H20O3Si.Ca.2FH/c1-5-9-12(8-4,10-6-2)11-7-3;;;/h5-8H2,1-4H3;;2*1H/q;+2;;/p-2. The van der Waals surface area contributed by atoms with Gasteiger partial charge in [0.25, 0.3) is 0 Å². The first kappa shape index (κ1) is 25.2. The molecule has 3 nitrogen and oxygen atoms in total. The van der Waals surface area contributed by atoms with Crippen LogP contribution in [0.4, 0.5) is 0 Å². The van der Waals surface area contributed by atoms with Crippen molar-refractivity contribution in [2.24, 2.45) is 0 Å². The summed E-state index contributed by atoms with van der Waals surface area (Å²) in [7, 11) is -2.27. The van der Waals surface area contributed by atoms with Crippen molar-refractivity contribution in [1.82, 2.24) is 0 Å². The summed E-state index contributed by atoms with van der Waals surface area (Å²) in [5.74, 6) is 0. The molecule has 0 fully saturated rings.